The van der Waals surface area contributed by atoms with Crippen LogP contribution in [0.4, 0.5) is 0 Å². The molecule has 3 heterocycles. The minimum atomic E-state index is -3.14. The molecule has 1 saturated carbocycles. The van der Waals surface area contributed by atoms with Crippen LogP contribution in [0.25, 0.3) is 16.6 Å². The van der Waals surface area contributed by atoms with E-state index in [4.69, 9.17) is 0 Å². The lowest BCUT2D eigenvalue weighted by atomic mass is 9.80. The topological polar surface area (TPSA) is 105 Å². The molecule has 3 aromatic heterocycles. The number of fused-ring (bicyclic) bond motifs is 3. The molecule has 8 nitrogen and oxygen atoms in total. The fourth-order valence-corrected chi connectivity index (χ4v) is 5.24. The van der Waals surface area contributed by atoms with Crippen LogP contribution in [0.5, 0.6) is 0 Å². The number of benzene rings is 1. The van der Waals surface area contributed by atoms with Gasteiger partial charge in [-0.3, -0.25) is 0 Å². The van der Waals surface area contributed by atoms with Crippen LogP contribution in [0.15, 0.2) is 47.8 Å². The lowest BCUT2D eigenvalue weighted by Gasteiger charge is -2.27. The van der Waals surface area contributed by atoms with Crippen molar-refractivity contribution in [3.63, 3.8) is 0 Å². The van der Waals surface area contributed by atoms with Gasteiger partial charge in [0.05, 0.1) is 10.6 Å². The van der Waals surface area contributed by atoms with Crippen molar-refractivity contribution in [2.75, 3.05) is 12.8 Å². The van der Waals surface area contributed by atoms with Crippen molar-refractivity contribution in [2.24, 2.45) is 5.92 Å². The molecule has 0 bridgehead atoms. The van der Waals surface area contributed by atoms with Gasteiger partial charge in [-0.1, -0.05) is 17.3 Å². The highest BCUT2D eigenvalue weighted by Gasteiger charge is 2.26. The Bertz CT molecular complexity index is 1300. The maximum atomic E-state index is 11.6. The average Bonchev–Trinajstić information content (AvgIpc) is 3.40. The molecule has 31 heavy (non-hydrogen) atoms. The summed E-state index contributed by atoms with van der Waals surface area (Å²) >= 11 is 0. The number of hydrogen-bond donors (Lipinski definition) is 2. The Balaban J connectivity index is 1.17. The lowest BCUT2D eigenvalue weighted by molar-refractivity contribution is 0.312. The second-order valence-electron chi connectivity index (χ2n) is 8.52. The van der Waals surface area contributed by atoms with E-state index < -0.39 is 9.84 Å². The molecule has 4 aromatic rings. The van der Waals surface area contributed by atoms with Gasteiger partial charge in [0.15, 0.2) is 9.84 Å². The number of H-pyrrole nitrogens is 1. The molecule has 1 aliphatic rings. The molecule has 0 amide bonds. The molecule has 162 valence electrons. The summed E-state index contributed by atoms with van der Waals surface area (Å²) in [5, 5.41) is 13.4. The predicted molar refractivity (Wildman–Crippen MR) is 119 cm³/mol. The SMILES string of the molecule is CS(=O)(=O)c1ccc(CNCC2CCC(c3nnn4cnc5[nH]ccc5c34)CC2)cc1. The largest absolute Gasteiger partial charge is 0.346 e. The lowest BCUT2D eigenvalue weighted by Crippen LogP contribution is -2.26. The highest BCUT2D eigenvalue weighted by molar-refractivity contribution is 7.90. The smallest absolute Gasteiger partial charge is 0.175 e. The molecular weight excluding hydrogens is 412 g/mol. The maximum Gasteiger partial charge on any atom is 0.175 e. The minimum Gasteiger partial charge on any atom is -0.346 e. The summed E-state index contributed by atoms with van der Waals surface area (Å²) in [5.74, 6) is 1.07. The summed E-state index contributed by atoms with van der Waals surface area (Å²) in [5.41, 5.74) is 4.13. The van der Waals surface area contributed by atoms with Crippen LogP contribution in [0, 0.1) is 5.92 Å². The first-order chi connectivity index (χ1) is 15.0. The second kappa shape index (κ2) is 8.05. The van der Waals surface area contributed by atoms with Gasteiger partial charge in [-0.15, -0.1) is 5.10 Å². The fourth-order valence-electron chi connectivity index (χ4n) is 4.61. The first-order valence-electron chi connectivity index (χ1n) is 10.7. The Morgan fingerprint density at radius 2 is 1.90 bits per heavy atom. The van der Waals surface area contributed by atoms with E-state index in [2.05, 4.69) is 25.6 Å². The normalized spacial score (nSPS) is 19.9. The van der Waals surface area contributed by atoms with Gasteiger partial charge in [-0.25, -0.2) is 17.9 Å². The molecule has 0 saturated heterocycles. The Morgan fingerprint density at radius 3 is 2.65 bits per heavy atom. The Morgan fingerprint density at radius 1 is 1.13 bits per heavy atom. The average molecular weight is 439 g/mol. The highest BCUT2D eigenvalue weighted by atomic mass is 32.2. The summed E-state index contributed by atoms with van der Waals surface area (Å²) < 4.78 is 24.9. The number of rotatable bonds is 6. The fraction of sp³-hybridized carbons (Fsp3) is 0.409. The van der Waals surface area contributed by atoms with Crippen molar-refractivity contribution in [3.05, 3.63) is 54.1 Å². The second-order valence-corrected chi connectivity index (χ2v) is 10.5. The zero-order valence-corrected chi connectivity index (χ0v) is 18.3. The third kappa shape index (κ3) is 4.07. The van der Waals surface area contributed by atoms with E-state index in [1.165, 1.54) is 6.26 Å². The van der Waals surface area contributed by atoms with Crippen molar-refractivity contribution >= 4 is 26.4 Å². The van der Waals surface area contributed by atoms with E-state index in [9.17, 15) is 8.42 Å². The molecule has 5 rings (SSSR count). The summed E-state index contributed by atoms with van der Waals surface area (Å²) in [6.45, 7) is 1.72. The summed E-state index contributed by atoms with van der Waals surface area (Å²) in [7, 11) is -3.14. The molecule has 2 N–H and O–H groups in total. The van der Waals surface area contributed by atoms with E-state index in [-0.39, 0.29) is 0 Å². The summed E-state index contributed by atoms with van der Waals surface area (Å²) in [4.78, 5) is 7.91. The zero-order chi connectivity index (χ0) is 21.4. The van der Waals surface area contributed by atoms with Gasteiger partial charge in [-0.2, -0.15) is 0 Å². The molecule has 1 aliphatic carbocycles. The minimum absolute atomic E-state index is 0.364. The van der Waals surface area contributed by atoms with Gasteiger partial charge < -0.3 is 10.3 Å². The summed E-state index contributed by atoms with van der Waals surface area (Å²) in [6, 6.07) is 9.17. The Labute approximate surface area is 181 Å². The maximum absolute atomic E-state index is 11.6. The highest BCUT2D eigenvalue weighted by Crippen LogP contribution is 2.37. The molecular formula is C22H26N6O2S. The van der Waals surface area contributed by atoms with Crippen molar-refractivity contribution in [1.82, 2.24) is 30.1 Å². The van der Waals surface area contributed by atoms with Crippen molar-refractivity contribution in [2.45, 2.75) is 43.0 Å². The molecule has 0 unspecified atom stereocenters. The van der Waals surface area contributed by atoms with Crippen molar-refractivity contribution < 1.29 is 8.42 Å². The van der Waals surface area contributed by atoms with Crippen molar-refractivity contribution in [3.8, 4) is 0 Å². The van der Waals surface area contributed by atoms with Gasteiger partial charge in [0.1, 0.15) is 17.5 Å². The number of nitrogens with zero attached hydrogens (tertiary/aromatic N) is 4. The predicted octanol–water partition coefficient (Wildman–Crippen LogP) is 3.07. The van der Waals surface area contributed by atoms with Gasteiger partial charge in [0, 0.05) is 30.3 Å². The number of aromatic nitrogens is 5. The summed E-state index contributed by atoms with van der Waals surface area (Å²) in [6.07, 6.45) is 9.40. The van der Waals surface area contributed by atoms with Crippen LogP contribution in [0.1, 0.15) is 42.9 Å². The van der Waals surface area contributed by atoms with Gasteiger partial charge in [-0.05, 0) is 61.9 Å². The van der Waals surface area contributed by atoms with Crippen LogP contribution in [0.3, 0.4) is 0 Å². The van der Waals surface area contributed by atoms with Gasteiger partial charge >= 0.3 is 0 Å². The van der Waals surface area contributed by atoms with Crippen LogP contribution in [-0.4, -0.2) is 46.0 Å². The zero-order valence-electron chi connectivity index (χ0n) is 17.5. The third-order valence-corrected chi connectivity index (χ3v) is 7.47. The Hall–Kier alpha value is -2.78. The van der Waals surface area contributed by atoms with Crippen LogP contribution < -0.4 is 5.32 Å². The number of hydrogen-bond acceptors (Lipinski definition) is 6. The molecule has 0 radical (unpaired) electrons. The first-order valence-corrected chi connectivity index (χ1v) is 12.5. The van der Waals surface area contributed by atoms with E-state index in [0.717, 1.165) is 66.6 Å². The molecule has 0 aliphatic heterocycles. The monoisotopic (exact) mass is 438 g/mol. The van der Waals surface area contributed by atoms with E-state index >= 15 is 0 Å². The molecule has 0 atom stereocenters. The van der Waals surface area contributed by atoms with Gasteiger partial charge in [0.2, 0.25) is 0 Å². The van der Waals surface area contributed by atoms with Gasteiger partial charge in [0.25, 0.3) is 0 Å². The number of aromatic amines is 1. The van der Waals surface area contributed by atoms with Crippen LogP contribution in [0.2, 0.25) is 0 Å². The molecule has 1 aromatic carbocycles. The molecule has 1 fully saturated rings. The molecule has 9 heteroatoms. The van der Waals surface area contributed by atoms with E-state index in [0.29, 0.717) is 16.7 Å². The number of sulfone groups is 1. The first kappa shape index (κ1) is 20.1. The van der Waals surface area contributed by atoms with E-state index in [1.54, 1.807) is 23.0 Å². The van der Waals surface area contributed by atoms with E-state index in [1.807, 2.05) is 24.4 Å². The van der Waals surface area contributed by atoms with Crippen molar-refractivity contribution in [1.29, 1.82) is 0 Å². The standard InChI is InChI=1S/C22H26N6O2S/c1-31(29,30)18-8-4-16(5-9-18)13-23-12-15-2-6-17(7-3-15)20-21-19-10-11-24-22(19)25-14-28(21)27-26-20/h4-5,8-11,14-15,17,23-24H,2-3,6-7,12-13H2,1H3. The quantitative estimate of drug-likeness (QED) is 0.479. The number of nitrogens with one attached hydrogen (secondary N) is 2. The van der Waals surface area contributed by atoms with Crippen LogP contribution in [-0.2, 0) is 16.4 Å². The molecule has 0 spiro atoms. The Kier molecular flexibility index (Phi) is 5.23. The third-order valence-electron chi connectivity index (χ3n) is 6.34. The van der Waals surface area contributed by atoms with Crippen LogP contribution >= 0.6 is 0 Å².